The molecule has 0 amide bonds. The van der Waals surface area contributed by atoms with Crippen molar-refractivity contribution in [1.82, 2.24) is 4.98 Å². The van der Waals surface area contributed by atoms with Crippen molar-refractivity contribution in [3.8, 4) is 0 Å². The van der Waals surface area contributed by atoms with Gasteiger partial charge in [-0.25, -0.2) is 9.78 Å². The van der Waals surface area contributed by atoms with Gasteiger partial charge in [-0.2, -0.15) is 4.39 Å². The van der Waals surface area contributed by atoms with Crippen LogP contribution in [0.3, 0.4) is 0 Å². The van der Waals surface area contributed by atoms with Gasteiger partial charge < -0.3 is 4.74 Å². The SMILES string of the molecule is CC1CC(C)CC(OC(=O)c2cccc(F)n2)C1. The van der Waals surface area contributed by atoms with Gasteiger partial charge in [0.05, 0.1) is 0 Å². The van der Waals surface area contributed by atoms with Crippen LogP contribution in [0.2, 0.25) is 0 Å². The Kier molecular flexibility index (Phi) is 3.94. The average Bonchev–Trinajstić information content (AvgIpc) is 2.27. The molecule has 1 aliphatic rings. The van der Waals surface area contributed by atoms with Crippen molar-refractivity contribution in [3.05, 3.63) is 29.8 Å². The molecule has 0 bridgehead atoms. The molecule has 3 nitrogen and oxygen atoms in total. The highest BCUT2D eigenvalue weighted by Crippen LogP contribution is 2.30. The maximum atomic E-state index is 12.9. The van der Waals surface area contributed by atoms with E-state index in [0.29, 0.717) is 11.8 Å². The number of esters is 1. The molecule has 0 N–H and O–H groups in total. The predicted molar refractivity (Wildman–Crippen MR) is 65.6 cm³/mol. The Morgan fingerprint density at radius 1 is 1.28 bits per heavy atom. The number of carbonyl (C=O) groups is 1. The number of hydrogen-bond donors (Lipinski definition) is 0. The first-order valence-corrected chi connectivity index (χ1v) is 6.38. The molecule has 1 saturated carbocycles. The van der Waals surface area contributed by atoms with Crippen molar-refractivity contribution in [2.45, 2.75) is 39.2 Å². The van der Waals surface area contributed by atoms with Crippen molar-refractivity contribution >= 4 is 5.97 Å². The van der Waals surface area contributed by atoms with Crippen LogP contribution in [-0.2, 0) is 4.74 Å². The monoisotopic (exact) mass is 251 g/mol. The smallest absolute Gasteiger partial charge is 0.357 e. The molecule has 98 valence electrons. The van der Waals surface area contributed by atoms with Gasteiger partial charge in [-0.3, -0.25) is 0 Å². The molecule has 0 aliphatic heterocycles. The summed E-state index contributed by atoms with van der Waals surface area (Å²) in [5.74, 6) is -0.0605. The van der Waals surface area contributed by atoms with Crippen molar-refractivity contribution in [3.63, 3.8) is 0 Å². The van der Waals surface area contributed by atoms with Crippen LogP contribution in [0.15, 0.2) is 18.2 Å². The fourth-order valence-corrected chi connectivity index (χ4v) is 2.70. The summed E-state index contributed by atoms with van der Waals surface area (Å²) in [4.78, 5) is 15.4. The van der Waals surface area contributed by atoms with Crippen molar-refractivity contribution in [2.75, 3.05) is 0 Å². The van der Waals surface area contributed by atoms with Gasteiger partial charge in [-0.1, -0.05) is 19.9 Å². The fourth-order valence-electron chi connectivity index (χ4n) is 2.70. The van der Waals surface area contributed by atoms with Crippen LogP contribution < -0.4 is 0 Å². The maximum Gasteiger partial charge on any atom is 0.357 e. The first-order chi connectivity index (χ1) is 8.54. The molecule has 0 radical (unpaired) electrons. The summed E-state index contributed by atoms with van der Waals surface area (Å²) in [6, 6.07) is 4.15. The van der Waals surface area contributed by atoms with Gasteiger partial charge in [0.1, 0.15) is 6.10 Å². The molecule has 0 spiro atoms. The minimum atomic E-state index is -0.658. The Labute approximate surface area is 106 Å². The highest BCUT2D eigenvalue weighted by molar-refractivity contribution is 5.87. The Morgan fingerprint density at radius 2 is 1.94 bits per heavy atom. The summed E-state index contributed by atoms with van der Waals surface area (Å²) in [6.45, 7) is 4.33. The number of nitrogens with zero attached hydrogens (tertiary/aromatic N) is 1. The molecule has 4 heteroatoms. The Balaban J connectivity index is 1.99. The van der Waals surface area contributed by atoms with Crippen LogP contribution in [0.1, 0.15) is 43.6 Å². The van der Waals surface area contributed by atoms with Gasteiger partial charge >= 0.3 is 5.97 Å². The van der Waals surface area contributed by atoms with E-state index in [1.165, 1.54) is 24.6 Å². The summed E-state index contributed by atoms with van der Waals surface area (Å²) < 4.78 is 18.3. The molecule has 1 heterocycles. The van der Waals surface area contributed by atoms with Crippen molar-refractivity contribution in [2.24, 2.45) is 11.8 Å². The largest absolute Gasteiger partial charge is 0.458 e. The molecule has 1 aromatic rings. The van der Waals surface area contributed by atoms with E-state index in [-0.39, 0.29) is 11.8 Å². The van der Waals surface area contributed by atoms with Gasteiger partial charge in [0.15, 0.2) is 5.69 Å². The summed E-state index contributed by atoms with van der Waals surface area (Å²) in [5, 5.41) is 0. The molecule has 1 aliphatic carbocycles. The summed E-state index contributed by atoms with van der Waals surface area (Å²) in [7, 11) is 0. The zero-order chi connectivity index (χ0) is 13.1. The van der Waals surface area contributed by atoms with Crippen LogP contribution in [0.25, 0.3) is 0 Å². The lowest BCUT2D eigenvalue weighted by Crippen LogP contribution is -2.28. The van der Waals surface area contributed by atoms with E-state index < -0.39 is 11.9 Å². The van der Waals surface area contributed by atoms with Gasteiger partial charge in [0.2, 0.25) is 5.95 Å². The van der Waals surface area contributed by atoms with Crippen LogP contribution in [-0.4, -0.2) is 17.1 Å². The van der Waals surface area contributed by atoms with E-state index >= 15 is 0 Å². The lowest BCUT2D eigenvalue weighted by Gasteiger charge is -2.30. The molecule has 1 aromatic heterocycles. The summed E-state index contributed by atoms with van der Waals surface area (Å²) in [5.41, 5.74) is 0.0425. The van der Waals surface area contributed by atoms with E-state index in [0.717, 1.165) is 12.8 Å². The molecular weight excluding hydrogens is 233 g/mol. The Bertz CT molecular complexity index is 426. The second-order valence-electron chi connectivity index (χ2n) is 5.29. The number of ether oxygens (including phenoxy) is 1. The van der Waals surface area contributed by atoms with Crippen LogP contribution in [0.4, 0.5) is 4.39 Å². The van der Waals surface area contributed by atoms with Crippen LogP contribution >= 0.6 is 0 Å². The Hall–Kier alpha value is -1.45. The van der Waals surface area contributed by atoms with Crippen LogP contribution in [0.5, 0.6) is 0 Å². The fraction of sp³-hybridized carbons (Fsp3) is 0.571. The lowest BCUT2D eigenvalue weighted by atomic mass is 9.82. The molecule has 18 heavy (non-hydrogen) atoms. The van der Waals surface area contributed by atoms with E-state index in [9.17, 15) is 9.18 Å². The van der Waals surface area contributed by atoms with Gasteiger partial charge in [0.25, 0.3) is 0 Å². The molecule has 2 atom stereocenters. The third-order valence-corrected chi connectivity index (χ3v) is 3.33. The molecular formula is C14H18FNO2. The maximum absolute atomic E-state index is 12.9. The zero-order valence-corrected chi connectivity index (χ0v) is 10.7. The van der Waals surface area contributed by atoms with E-state index in [4.69, 9.17) is 4.74 Å². The molecule has 0 saturated heterocycles. The minimum absolute atomic E-state index is 0.0425. The average molecular weight is 251 g/mol. The van der Waals surface area contributed by atoms with Crippen molar-refractivity contribution in [1.29, 1.82) is 0 Å². The zero-order valence-electron chi connectivity index (χ0n) is 10.7. The van der Waals surface area contributed by atoms with Crippen LogP contribution in [0, 0.1) is 17.8 Å². The van der Waals surface area contributed by atoms with Gasteiger partial charge in [0, 0.05) is 0 Å². The normalized spacial score (nSPS) is 27.8. The van der Waals surface area contributed by atoms with Gasteiger partial charge in [-0.05, 0) is 43.2 Å². The number of pyridine rings is 1. The molecule has 2 unspecified atom stereocenters. The van der Waals surface area contributed by atoms with E-state index in [1.807, 2.05) is 0 Å². The summed E-state index contributed by atoms with van der Waals surface area (Å²) in [6.07, 6.45) is 2.87. The number of carbonyl (C=O) groups excluding carboxylic acids is 1. The number of hydrogen-bond acceptors (Lipinski definition) is 3. The minimum Gasteiger partial charge on any atom is -0.458 e. The molecule has 2 rings (SSSR count). The third kappa shape index (κ3) is 3.28. The number of rotatable bonds is 2. The molecule has 0 aromatic carbocycles. The quantitative estimate of drug-likeness (QED) is 0.598. The van der Waals surface area contributed by atoms with Crippen molar-refractivity contribution < 1.29 is 13.9 Å². The third-order valence-electron chi connectivity index (χ3n) is 3.33. The topological polar surface area (TPSA) is 39.2 Å². The standard InChI is InChI=1S/C14H18FNO2/c1-9-6-10(2)8-11(7-9)18-14(17)12-4-3-5-13(15)16-12/h3-5,9-11H,6-8H2,1-2H3. The highest BCUT2D eigenvalue weighted by Gasteiger charge is 2.27. The molecule has 1 fully saturated rings. The summed E-state index contributed by atoms with van der Waals surface area (Å²) >= 11 is 0. The highest BCUT2D eigenvalue weighted by atomic mass is 19.1. The second kappa shape index (κ2) is 5.46. The Morgan fingerprint density at radius 3 is 2.56 bits per heavy atom. The van der Waals surface area contributed by atoms with E-state index in [2.05, 4.69) is 18.8 Å². The lowest BCUT2D eigenvalue weighted by molar-refractivity contribution is 0.00733. The first-order valence-electron chi connectivity index (χ1n) is 6.38. The van der Waals surface area contributed by atoms with E-state index in [1.54, 1.807) is 0 Å². The second-order valence-corrected chi connectivity index (χ2v) is 5.29. The van der Waals surface area contributed by atoms with Gasteiger partial charge in [-0.15, -0.1) is 0 Å². The predicted octanol–water partition coefficient (Wildman–Crippen LogP) is 3.20. The number of halogens is 1. The first kappa shape index (κ1) is 13.0. The number of aromatic nitrogens is 1.